The highest BCUT2D eigenvalue weighted by molar-refractivity contribution is 8.77. The zero-order valence-corrected chi connectivity index (χ0v) is 22.0. The van der Waals surface area contributed by atoms with Crippen LogP contribution < -0.4 is 16.0 Å². The second-order valence-corrected chi connectivity index (χ2v) is 12.3. The van der Waals surface area contributed by atoms with Gasteiger partial charge in [-0.25, -0.2) is 0 Å². The first-order chi connectivity index (χ1) is 15.8. The molecule has 184 valence electrons. The van der Waals surface area contributed by atoms with Crippen LogP contribution in [0.4, 0.5) is 0 Å². The summed E-state index contributed by atoms with van der Waals surface area (Å²) in [6, 6.07) is 1.96. The van der Waals surface area contributed by atoms with Crippen LogP contribution in [0.5, 0.6) is 0 Å². The van der Waals surface area contributed by atoms with Crippen molar-refractivity contribution in [2.45, 2.75) is 76.6 Å². The van der Waals surface area contributed by atoms with Crippen molar-refractivity contribution < 1.29 is 19.2 Å². The topological polar surface area (TPSA) is 104 Å². The van der Waals surface area contributed by atoms with E-state index in [-0.39, 0.29) is 18.2 Å². The second kappa shape index (κ2) is 14.7. The van der Waals surface area contributed by atoms with Crippen molar-refractivity contribution in [2.75, 3.05) is 12.3 Å². The van der Waals surface area contributed by atoms with Crippen LogP contribution in [0.1, 0.15) is 57.8 Å². The number of rotatable bonds is 14. The summed E-state index contributed by atoms with van der Waals surface area (Å²) in [6.07, 6.45) is 4.74. The molecule has 0 aromatic carbocycles. The number of carbonyl (C=O) groups is 4. The summed E-state index contributed by atoms with van der Waals surface area (Å²) < 4.78 is 0. The molecule has 1 saturated heterocycles. The van der Waals surface area contributed by atoms with E-state index in [1.807, 2.05) is 52.9 Å². The minimum atomic E-state index is -0.984. The van der Waals surface area contributed by atoms with Crippen molar-refractivity contribution in [3.63, 3.8) is 0 Å². The van der Waals surface area contributed by atoms with Gasteiger partial charge in [-0.3, -0.25) is 19.2 Å². The van der Waals surface area contributed by atoms with E-state index in [2.05, 4.69) is 16.0 Å². The van der Waals surface area contributed by atoms with E-state index < -0.39 is 29.7 Å². The van der Waals surface area contributed by atoms with Gasteiger partial charge in [-0.05, 0) is 43.6 Å². The molecule has 7 nitrogen and oxygen atoms in total. The molecule has 3 atom stereocenters. The fraction of sp³-hybridized carbons (Fsp3) is 0.652. The number of amides is 3. The lowest BCUT2D eigenvalue weighted by atomic mass is 10.0. The van der Waals surface area contributed by atoms with Gasteiger partial charge >= 0.3 is 0 Å². The van der Waals surface area contributed by atoms with Crippen molar-refractivity contribution in [3.8, 4) is 0 Å². The van der Waals surface area contributed by atoms with E-state index in [1.54, 1.807) is 6.92 Å². The van der Waals surface area contributed by atoms with Gasteiger partial charge in [0.25, 0.3) is 5.91 Å². The fourth-order valence-corrected chi connectivity index (χ4v) is 7.29. The number of likely N-dealkylation sites (N-methyl/N-ethyl adjacent to an activating group) is 1. The zero-order valence-electron chi connectivity index (χ0n) is 19.6. The Hall–Kier alpha value is -1.52. The van der Waals surface area contributed by atoms with E-state index >= 15 is 0 Å². The molecular weight excluding hydrogens is 478 g/mol. The Bertz CT molecular complexity index is 780. The average molecular weight is 514 g/mol. The molecule has 0 bridgehead atoms. The van der Waals surface area contributed by atoms with Crippen LogP contribution in [0, 0.1) is 5.92 Å². The van der Waals surface area contributed by atoms with Crippen LogP contribution in [0.2, 0.25) is 0 Å². The van der Waals surface area contributed by atoms with Crippen molar-refractivity contribution >= 4 is 56.4 Å². The fourth-order valence-electron chi connectivity index (χ4n) is 3.51. The van der Waals surface area contributed by atoms with Gasteiger partial charge < -0.3 is 16.0 Å². The maximum Gasteiger partial charge on any atom is 0.289 e. The van der Waals surface area contributed by atoms with Gasteiger partial charge in [0.2, 0.25) is 17.6 Å². The maximum atomic E-state index is 13.0. The Kier molecular flexibility index (Phi) is 12.3. The molecule has 0 aliphatic carbocycles. The number of Topliss-reactive ketones (excluding diaryl/α,β-unsaturated/α-hetero) is 1. The molecule has 0 spiro atoms. The Balaban J connectivity index is 1.92. The lowest BCUT2D eigenvalue weighted by Crippen LogP contribution is -2.56. The molecule has 3 N–H and O–H groups in total. The van der Waals surface area contributed by atoms with Crippen LogP contribution in [0.25, 0.3) is 0 Å². The number of thiophene rings is 1. The predicted molar refractivity (Wildman–Crippen MR) is 137 cm³/mol. The molecule has 1 aliphatic rings. The highest BCUT2D eigenvalue weighted by Gasteiger charge is 2.31. The lowest BCUT2D eigenvalue weighted by molar-refractivity contribution is -0.140. The van der Waals surface area contributed by atoms with Gasteiger partial charge in [-0.1, -0.05) is 47.9 Å². The maximum absolute atomic E-state index is 13.0. The Morgan fingerprint density at radius 3 is 2.55 bits per heavy atom. The second-order valence-electron chi connectivity index (χ2n) is 8.43. The van der Waals surface area contributed by atoms with Crippen LogP contribution in [-0.2, 0) is 25.6 Å². The van der Waals surface area contributed by atoms with E-state index in [1.165, 1.54) is 23.5 Å². The standard InChI is InChI=1S/C23H35N3O4S3/c1-4-24-23(30)21(28)18(14-17-9-7-12-31-17)25-22(29)20(15(2)3)26-19(27)10-6-5-8-16-11-13-32-33-16/h7,9,12,15-16,18,20H,4-6,8,10-11,13-14H2,1-3H3,(H,24,30)(H,25,29)(H,26,27)/t16?,18-,20-/m0/s1. The van der Waals surface area contributed by atoms with Crippen LogP contribution in [0.15, 0.2) is 17.5 Å². The summed E-state index contributed by atoms with van der Waals surface area (Å²) >= 11 is 1.46. The van der Waals surface area contributed by atoms with Gasteiger partial charge in [-0.2, -0.15) is 0 Å². The summed E-state index contributed by atoms with van der Waals surface area (Å²) in [4.78, 5) is 51.2. The molecule has 1 fully saturated rings. The van der Waals surface area contributed by atoms with E-state index in [4.69, 9.17) is 0 Å². The average Bonchev–Trinajstić information content (AvgIpc) is 3.48. The molecular formula is C23H35N3O4S3. The smallest absolute Gasteiger partial charge is 0.289 e. The lowest BCUT2D eigenvalue weighted by Gasteiger charge is -2.25. The van der Waals surface area contributed by atoms with Crippen molar-refractivity contribution in [1.82, 2.24) is 16.0 Å². The number of carbonyl (C=O) groups excluding carboxylic acids is 4. The Labute approximate surface area is 208 Å². The monoisotopic (exact) mass is 513 g/mol. The van der Waals surface area contributed by atoms with E-state index in [9.17, 15) is 19.2 Å². The quantitative estimate of drug-likeness (QED) is 0.200. The minimum absolute atomic E-state index is 0.164. The summed E-state index contributed by atoms with van der Waals surface area (Å²) in [5.74, 6) is -0.975. The molecule has 10 heteroatoms. The Morgan fingerprint density at radius 1 is 1.15 bits per heavy atom. The van der Waals surface area contributed by atoms with Gasteiger partial charge in [0.15, 0.2) is 0 Å². The zero-order chi connectivity index (χ0) is 24.2. The highest BCUT2D eigenvalue weighted by Crippen LogP contribution is 2.39. The summed E-state index contributed by atoms with van der Waals surface area (Å²) in [7, 11) is 3.86. The molecule has 33 heavy (non-hydrogen) atoms. The summed E-state index contributed by atoms with van der Waals surface area (Å²) in [5, 5.41) is 10.6. The Morgan fingerprint density at radius 2 is 1.94 bits per heavy atom. The first kappa shape index (κ1) is 27.7. The van der Waals surface area contributed by atoms with Crippen LogP contribution in [-0.4, -0.2) is 53.1 Å². The first-order valence-corrected chi connectivity index (χ1v) is 14.8. The molecule has 2 heterocycles. The number of hydrogen-bond acceptors (Lipinski definition) is 7. The third-order valence-corrected chi connectivity index (χ3v) is 9.26. The highest BCUT2D eigenvalue weighted by atomic mass is 33.1. The van der Waals surface area contributed by atoms with Gasteiger partial charge in [-0.15, -0.1) is 11.3 Å². The third kappa shape index (κ3) is 9.70. The van der Waals surface area contributed by atoms with Gasteiger partial charge in [0.1, 0.15) is 12.1 Å². The number of unbranched alkanes of at least 4 members (excludes halogenated alkanes) is 1. The van der Waals surface area contributed by atoms with E-state index in [0.717, 1.165) is 24.1 Å². The molecule has 1 aliphatic heterocycles. The third-order valence-electron chi connectivity index (χ3n) is 5.35. The van der Waals surface area contributed by atoms with Gasteiger partial charge in [0, 0.05) is 35.3 Å². The number of ketones is 1. The van der Waals surface area contributed by atoms with Gasteiger partial charge in [0.05, 0.1) is 0 Å². The molecule has 1 aromatic heterocycles. The van der Waals surface area contributed by atoms with Crippen molar-refractivity contribution in [2.24, 2.45) is 5.92 Å². The molecule has 0 radical (unpaired) electrons. The van der Waals surface area contributed by atoms with E-state index in [0.29, 0.717) is 18.2 Å². The van der Waals surface area contributed by atoms with Crippen molar-refractivity contribution in [1.29, 1.82) is 0 Å². The minimum Gasteiger partial charge on any atom is -0.350 e. The summed E-state index contributed by atoms with van der Waals surface area (Å²) in [6.45, 7) is 5.75. The molecule has 1 aromatic rings. The molecule has 0 saturated carbocycles. The number of hydrogen-bond donors (Lipinski definition) is 3. The molecule has 3 amide bonds. The number of nitrogens with one attached hydrogen (secondary N) is 3. The summed E-state index contributed by atoms with van der Waals surface area (Å²) in [5.41, 5.74) is 0. The first-order valence-electron chi connectivity index (χ1n) is 11.5. The van der Waals surface area contributed by atoms with Crippen LogP contribution in [0.3, 0.4) is 0 Å². The van der Waals surface area contributed by atoms with Crippen molar-refractivity contribution in [3.05, 3.63) is 22.4 Å². The molecule has 2 rings (SSSR count). The largest absolute Gasteiger partial charge is 0.350 e. The predicted octanol–water partition coefficient (Wildman–Crippen LogP) is 3.34. The SMILES string of the molecule is CCNC(=O)C(=O)[C@H](Cc1cccs1)NC(=O)[C@@H](NC(=O)CCCCC1CCSS1)C(C)C. The molecule has 1 unspecified atom stereocenters. The normalized spacial score (nSPS) is 17.4. The van der Waals surface area contributed by atoms with Crippen LogP contribution >= 0.6 is 32.9 Å².